The second-order valence-electron chi connectivity index (χ2n) is 5.26. The molecule has 2 rings (SSSR count). The van der Waals surface area contributed by atoms with E-state index in [1.807, 2.05) is 0 Å². The Bertz CT molecular complexity index is 454. The van der Waals surface area contributed by atoms with Gasteiger partial charge in [-0.3, -0.25) is 10.1 Å². The molecule has 1 aliphatic rings. The maximum Gasteiger partial charge on any atom is 0.311 e. The molecule has 1 aromatic carbocycles. The van der Waals surface area contributed by atoms with E-state index in [0.29, 0.717) is 12.3 Å². The van der Waals surface area contributed by atoms with Gasteiger partial charge in [0.05, 0.1) is 11.0 Å². The fraction of sp³-hybridized carbons (Fsp3) is 0.571. The first-order valence-corrected chi connectivity index (χ1v) is 6.74. The first-order valence-electron chi connectivity index (χ1n) is 6.74. The van der Waals surface area contributed by atoms with Gasteiger partial charge in [0, 0.05) is 12.6 Å². The Labute approximate surface area is 112 Å². The Morgan fingerprint density at radius 1 is 1.37 bits per heavy atom. The van der Waals surface area contributed by atoms with E-state index in [2.05, 4.69) is 6.92 Å². The Morgan fingerprint density at radius 3 is 2.63 bits per heavy atom. The van der Waals surface area contributed by atoms with Gasteiger partial charge in [-0.25, -0.2) is 0 Å². The number of hydrogen-bond acceptors (Lipinski definition) is 4. The molecular weight excluding hydrogens is 244 g/mol. The molecule has 0 aromatic heterocycles. The highest BCUT2D eigenvalue weighted by Gasteiger charge is 2.23. The molecule has 0 radical (unpaired) electrons. The molecule has 19 heavy (non-hydrogen) atoms. The van der Waals surface area contributed by atoms with Crippen LogP contribution in [0, 0.1) is 16.0 Å². The molecule has 2 N–H and O–H groups in total. The summed E-state index contributed by atoms with van der Waals surface area (Å²) in [5.74, 6) is 1.09. The lowest BCUT2D eigenvalue weighted by Gasteiger charge is -2.26. The minimum atomic E-state index is -0.403. The van der Waals surface area contributed by atoms with Crippen molar-refractivity contribution in [1.29, 1.82) is 0 Å². The van der Waals surface area contributed by atoms with Crippen molar-refractivity contribution >= 4 is 5.69 Å². The van der Waals surface area contributed by atoms with Crippen molar-refractivity contribution < 1.29 is 9.66 Å². The zero-order valence-corrected chi connectivity index (χ0v) is 11.2. The van der Waals surface area contributed by atoms with E-state index in [0.717, 1.165) is 37.2 Å². The van der Waals surface area contributed by atoms with Crippen LogP contribution in [-0.4, -0.2) is 11.0 Å². The van der Waals surface area contributed by atoms with E-state index in [-0.39, 0.29) is 11.8 Å². The molecule has 5 nitrogen and oxygen atoms in total. The van der Waals surface area contributed by atoms with Crippen LogP contribution in [0.4, 0.5) is 5.69 Å². The monoisotopic (exact) mass is 264 g/mol. The lowest BCUT2D eigenvalue weighted by molar-refractivity contribution is -0.386. The third-order valence-electron chi connectivity index (χ3n) is 3.71. The number of nitrogens with two attached hydrogens (primary N) is 1. The number of benzene rings is 1. The maximum absolute atomic E-state index is 11.1. The number of nitrogens with zero attached hydrogens (tertiary/aromatic N) is 1. The average molecular weight is 264 g/mol. The third kappa shape index (κ3) is 3.44. The summed E-state index contributed by atoms with van der Waals surface area (Å²) in [6.45, 7) is 2.52. The second-order valence-corrected chi connectivity index (χ2v) is 5.26. The first kappa shape index (κ1) is 13.8. The van der Waals surface area contributed by atoms with E-state index < -0.39 is 4.92 Å². The van der Waals surface area contributed by atoms with E-state index in [1.165, 1.54) is 6.07 Å². The van der Waals surface area contributed by atoms with Crippen LogP contribution >= 0.6 is 0 Å². The second kappa shape index (κ2) is 6.02. The standard InChI is InChI=1S/C14H20N2O3/c1-10-2-5-12(6-3-10)19-14-7-4-11(9-15)8-13(14)16(17)18/h4,7-8,10,12H,2-3,5-6,9,15H2,1H3. The summed E-state index contributed by atoms with van der Waals surface area (Å²) in [6, 6.07) is 4.95. The number of nitro benzene ring substituents is 1. The van der Waals surface area contributed by atoms with Crippen molar-refractivity contribution in [2.24, 2.45) is 11.7 Å². The molecule has 1 aliphatic carbocycles. The largest absolute Gasteiger partial charge is 0.484 e. The molecule has 5 heteroatoms. The van der Waals surface area contributed by atoms with Gasteiger partial charge in [-0.05, 0) is 43.2 Å². The maximum atomic E-state index is 11.1. The summed E-state index contributed by atoms with van der Waals surface area (Å²) in [4.78, 5) is 10.7. The van der Waals surface area contributed by atoms with Crippen molar-refractivity contribution in [1.82, 2.24) is 0 Å². The van der Waals surface area contributed by atoms with Crippen molar-refractivity contribution in [2.75, 3.05) is 0 Å². The van der Waals surface area contributed by atoms with Gasteiger partial charge in [-0.15, -0.1) is 0 Å². The fourth-order valence-electron chi connectivity index (χ4n) is 2.46. The molecule has 0 atom stereocenters. The molecule has 0 amide bonds. The lowest BCUT2D eigenvalue weighted by atomic mass is 9.89. The minimum Gasteiger partial charge on any atom is -0.484 e. The molecule has 0 saturated heterocycles. The summed E-state index contributed by atoms with van der Waals surface area (Å²) in [5.41, 5.74) is 6.27. The number of ether oxygens (including phenoxy) is 1. The normalized spacial score (nSPS) is 23.1. The number of rotatable bonds is 4. The van der Waals surface area contributed by atoms with Crippen LogP contribution in [0.3, 0.4) is 0 Å². The average Bonchev–Trinajstić information content (AvgIpc) is 2.41. The van der Waals surface area contributed by atoms with Gasteiger partial charge >= 0.3 is 5.69 Å². The molecule has 1 fully saturated rings. The summed E-state index contributed by atoms with van der Waals surface area (Å²) in [5, 5.41) is 11.1. The molecule has 1 aromatic rings. The summed E-state index contributed by atoms with van der Waals surface area (Å²) in [7, 11) is 0. The van der Waals surface area contributed by atoms with Gasteiger partial charge in [0.25, 0.3) is 0 Å². The van der Waals surface area contributed by atoms with Gasteiger partial charge < -0.3 is 10.5 Å². The Morgan fingerprint density at radius 2 is 2.05 bits per heavy atom. The summed E-state index contributed by atoms with van der Waals surface area (Å²) >= 11 is 0. The van der Waals surface area contributed by atoms with Gasteiger partial charge in [-0.1, -0.05) is 13.0 Å². The predicted molar refractivity (Wildman–Crippen MR) is 73.0 cm³/mol. The topological polar surface area (TPSA) is 78.4 Å². The van der Waals surface area contributed by atoms with Gasteiger partial charge in [-0.2, -0.15) is 0 Å². The Kier molecular flexibility index (Phi) is 4.37. The fourth-order valence-corrected chi connectivity index (χ4v) is 2.46. The van der Waals surface area contributed by atoms with Crippen LogP contribution in [0.25, 0.3) is 0 Å². The predicted octanol–water partition coefficient (Wildman–Crippen LogP) is 3.01. The van der Waals surface area contributed by atoms with Gasteiger partial charge in [0.15, 0.2) is 5.75 Å². The van der Waals surface area contributed by atoms with Crippen LogP contribution in [0.1, 0.15) is 38.2 Å². The van der Waals surface area contributed by atoms with Crippen LogP contribution in [-0.2, 0) is 6.54 Å². The van der Waals surface area contributed by atoms with Crippen molar-refractivity contribution in [3.63, 3.8) is 0 Å². The van der Waals surface area contributed by atoms with Crippen LogP contribution in [0.15, 0.2) is 18.2 Å². The van der Waals surface area contributed by atoms with Gasteiger partial charge in [0.1, 0.15) is 0 Å². The minimum absolute atomic E-state index is 0.0153. The summed E-state index contributed by atoms with van der Waals surface area (Å²) < 4.78 is 5.81. The molecule has 0 bridgehead atoms. The molecule has 1 saturated carbocycles. The third-order valence-corrected chi connectivity index (χ3v) is 3.71. The quantitative estimate of drug-likeness (QED) is 0.669. The zero-order valence-electron chi connectivity index (χ0n) is 11.2. The smallest absolute Gasteiger partial charge is 0.311 e. The van der Waals surface area contributed by atoms with Crippen molar-refractivity contribution in [3.8, 4) is 5.75 Å². The van der Waals surface area contributed by atoms with E-state index in [4.69, 9.17) is 10.5 Å². The highest BCUT2D eigenvalue weighted by molar-refractivity contribution is 5.48. The van der Waals surface area contributed by atoms with E-state index in [9.17, 15) is 10.1 Å². The molecule has 0 aliphatic heterocycles. The summed E-state index contributed by atoms with van der Waals surface area (Å²) in [6.07, 6.45) is 4.28. The molecule has 0 spiro atoms. The van der Waals surface area contributed by atoms with Crippen LogP contribution < -0.4 is 10.5 Å². The van der Waals surface area contributed by atoms with Crippen LogP contribution in [0.5, 0.6) is 5.75 Å². The first-order chi connectivity index (χ1) is 9.10. The van der Waals surface area contributed by atoms with Crippen molar-refractivity contribution in [3.05, 3.63) is 33.9 Å². The highest BCUT2D eigenvalue weighted by Crippen LogP contribution is 2.32. The Balaban J connectivity index is 2.13. The lowest BCUT2D eigenvalue weighted by Crippen LogP contribution is -2.23. The van der Waals surface area contributed by atoms with Gasteiger partial charge in [0.2, 0.25) is 0 Å². The van der Waals surface area contributed by atoms with Crippen LogP contribution in [0.2, 0.25) is 0 Å². The highest BCUT2D eigenvalue weighted by atomic mass is 16.6. The van der Waals surface area contributed by atoms with E-state index >= 15 is 0 Å². The van der Waals surface area contributed by atoms with Crippen molar-refractivity contribution in [2.45, 2.75) is 45.3 Å². The SMILES string of the molecule is CC1CCC(Oc2ccc(CN)cc2[N+](=O)[O-])CC1. The molecular formula is C14H20N2O3. The number of hydrogen-bond donors (Lipinski definition) is 1. The molecule has 0 heterocycles. The zero-order chi connectivity index (χ0) is 13.8. The Hall–Kier alpha value is -1.62. The molecule has 104 valence electrons. The van der Waals surface area contributed by atoms with E-state index in [1.54, 1.807) is 12.1 Å². The number of nitro groups is 1. The molecule has 0 unspecified atom stereocenters.